The van der Waals surface area contributed by atoms with Crippen molar-refractivity contribution in [1.82, 2.24) is 10.2 Å². The Bertz CT molecular complexity index is 495. The maximum atomic E-state index is 12.2. The Morgan fingerprint density at radius 3 is 2.48 bits per heavy atom. The molecule has 2 amide bonds. The first-order chi connectivity index (χ1) is 10.1. The monoisotopic (exact) mass is 291 g/mol. The third kappa shape index (κ3) is 4.46. The third-order valence-corrected chi connectivity index (χ3v) is 3.74. The van der Waals surface area contributed by atoms with Crippen LogP contribution in [0.4, 0.5) is 10.5 Å². The van der Waals surface area contributed by atoms with E-state index in [0.29, 0.717) is 11.3 Å². The number of hydrogen-bond acceptors (Lipinski definition) is 3. The molecule has 6 heteroatoms. The largest absolute Gasteiger partial charge is 0.481 e. The van der Waals surface area contributed by atoms with Gasteiger partial charge in [0.1, 0.15) is 0 Å². The van der Waals surface area contributed by atoms with E-state index in [9.17, 15) is 9.59 Å². The van der Waals surface area contributed by atoms with E-state index < -0.39 is 5.97 Å². The van der Waals surface area contributed by atoms with Crippen LogP contribution in [0, 0.1) is 0 Å². The molecule has 0 spiro atoms. The molecule has 0 unspecified atom stereocenters. The molecule has 3 N–H and O–H groups in total. The Balaban J connectivity index is 1.90. The van der Waals surface area contributed by atoms with Crippen LogP contribution in [-0.2, 0) is 11.2 Å². The number of carbonyl (C=O) groups excluding carboxylic acids is 1. The van der Waals surface area contributed by atoms with Crippen molar-refractivity contribution in [1.29, 1.82) is 0 Å². The lowest BCUT2D eigenvalue weighted by molar-refractivity contribution is -0.136. The first-order valence-electron chi connectivity index (χ1n) is 7.11. The quantitative estimate of drug-likeness (QED) is 0.786. The number of carboxylic acids is 1. The fourth-order valence-electron chi connectivity index (χ4n) is 2.45. The lowest BCUT2D eigenvalue weighted by Crippen LogP contribution is -2.45. The molecule has 1 aromatic rings. The number of rotatable bonds is 4. The van der Waals surface area contributed by atoms with Gasteiger partial charge in [-0.3, -0.25) is 4.79 Å². The van der Waals surface area contributed by atoms with Crippen LogP contribution in [0.25, 0.3) is 0 Å². The number of nitrogens with zero attached hydrogens (tertiary/aromatic N) is 1. The molecule has 1 aromatic carbocycles. The molecule has 2 rings (SSSR count). The van der Waals surface area contributed by atoms with Gasteiger partial charge in [-0.25, -0.2) is 4.79 Å². The fraction of sp³-hybridized carbons (Fsp3) is 0.467. The van der Waals surface area contributed by atoms with Crippen LogP contribution in [0.5, 0.6) is 0 Å². The summed E-state index contributed by atoms with van der Waals surface area (Å²) in [5, 5.41) is 14.8. The van der Waals surface area contributed by atoms with Gasteiger partial charge in [-0.2, -0.15) is 0 Å². The molecule has 6 nitrogen and oxygen atoms in total. The van der Waals surface area contributed by atoms with Gasteiger partial charge < -0.3 is 20.6 Å². The van der Waals surface area contributed by atoms with Crippen LogP contribution in [0.15, 0.2) is 24.3 Å². The lowest BCUT2D eigenvalue weighted by Gasteiger charge is -2.31. The normalized spacial score (nSPS) is 15.5. The first kappa shape index (κ1) is 15.3. The van der Waals surface area contributed by atoms with Crippen LogP contribution in [0.3, 0.4) is 0 Å². The van der Waals surface area contributed by atoms with Crippen molar-refractivity contribution in [2.45, 2.75) is 25.3 Å². The molecule has 1 aliphatic rings. The molecule has 0 radical (unpaired) electrons. The van der Waals surface area contributed by atoms with Crippen LogP contribution < -0.4 is 10.6 Å². The highest BCUT2D eigenvalue weighted by Crippen LogP contribution is 2.14. The number of amides is 2. The minimum Gasteiger partial charge on any atom is -0.481 e. The number of anilines is 1. The number of aliphatic carboxylic acids is 1. The summed E-state index contributed by atoms with van der Waals surface area (Å²) in [6, 6.07) is 7.02. The van der Waals surface area contributed by atoms with Gasteiger partial charge in [-0.15, -0.1) is 0 Å². The summed E-state index contributed by atoms with van der Waals surface area (Å²) >= 11 is 0. The maximum Gasteiger partial charge on any atom is 0.321 e. The number of nitrogens with one attached hydrogen (secondary N) is 2. The molecule has 0 atom stereocenters. The van der Waals surface area contributed by atoms with Crippen molar-refractivity contribution in [3.05, 3.63) is 29.8 Å². The smallest absolute Gasteiger partial charge is 0.321 e. The minimum absolute atomic E-state index is 0.0107. The van der Waals surface area contributed by atoms with E-state index in [0.717, 1.165) is 25.9 Å². The van der Waals surface area contributed by atoms with Crippen LogP contribution in [-0.4, -0.2) is 48.2 Å². The predicted octanol–water partition coefficient (Wildman–Crippen LogP) is 1.53. The summed E-state index contributed by atoms with van der Waals surface area (Å²) in [5.74, 6) is -0.863. The molecule has 1 heterocycles. The second-order valence-corrected chi connectivity index (χ2v) is 5.29. The average Bonchev–Trinajstić information content (AvgIpc) is 2.49. The molecule has 0 bridgehead atoms. The standard InChI is InChI=1S/C15H21N3O3/c1-18(13-6-8-16-9-7-13)15(21)17-12-4-2-11(3-5-12)10-14(19)20/h2-5,13,16H,6-10H2,1H3,(H,17,21)(H,19,20). The zero-order valence-corrected chi connectivity index (χ0v) is 12.1. The molecular weight excluding hydrogens is 270 g/mol. The molecule has 21 heavy (non-hydrogen) atoms. The predicted molar refractivity (Wildman–Crippen MR) is 80.5 cm³/mol. The van der Waals surface area contributed by atoms with Crippen LogP contribution in [0.1, 0.15) is 18.4 Å². The molecule has 0 aromatic heterocycles. The van der Waals surface area contributed by atoms with Crippen molar-refractivity contribution < 1.29 is 14.7 Å². The Hall–Kier alpha value is -2.08. The second kappa shape index (κ2) is 7.08. The lowest BCUT2D eigenvalue weighted by atomic mass is 10.1. The van der Waals surface area contributed by atoms with Gasteiger partial charge in [0.25, 0.3) is 0 Å². The number of carbonyl (C=O) groups is 2. The highest BCUT2D eigenvalue weighted by Gasteiger charge is 2.21. The van der Waals surface area contributed by atoms with E-state index in [1.165, 1.54) is 0 Å². The van der Waals surface area contributed by atoms with Crippen molar-refractivity contribution in [2.24, 2.45) is 0 Å². The SMILES string of the molecule is CN(C(=O)Nc1ccc(CC(=O)O)cc1)C1CCNCC1. The van der Waals surface area contributed by atoms with Crippen molar-refractivity contribution in [3.63, 3.8) is 0 Å². The minimum atomic E-state index is -0.863. The molecule has 0 saturated carbocycles. The van der Waals surface area contributed by atoms with Crippen LogP contribution >= 0.6 is 0 Å². The highest BCUT2D eigenvalue weighted by atomic mass is 16.4. The number of piperidine rings is 1. The summed E-state index contributed by atoms with van der Waals surface area (Å²) in [7, 11) is 1.81. The average molecular weight is 291 g/mol. The van der Waals surface area contributed by atoms with E-state index in [1.54, 1.807) is 29.2 Å². The van der Waals surface area contributed by atoms with Gasteiger partial charge in [0.2, 0.25) is 0 Å². The molecule has 0 aliphatic carbocycles. The van der Waals surface area contributed by atoms with Gasteiger partial charge in [-0.1, -0.05) is 12.1 Å². The Kier molecular flexibility index (Phi) is 5.16. The number of carboxylic acid groups (broad SMARTS) is 1. The van der Waals surface area contributed by atoms with Gasteiger partial charge in [0.15, 0.2) is 0 Å². The van der Waals surface area contributed by atoms with E-state index in [2.05, 4.69) is 10.6 Å². The summed E-state index contributed by atoms with van der Waals surface area (Å²) < 4.78 is 0. The molecule has 114 valence electrons. The molecule has 1 aliphatic heterocycles. The van der Waals surface area contributed by atoms with E-state index in [4.69, 9.17) is 5.11 Å². The third-order valence-electron chi connectivity index (χ3n) is 3.74. The zero-order valence-electron chi connectivity index (χ0n) is 12.1. The zero-order chi connectivity index (χ0) is 15.2. The number of benzene rings is 1. The maximum absolute atomic E-state index is 12.2. The first-order valence-corrected chi connectivity index (χ1v) is 7.11. The number of urea groups is 1. The molecule has 1 fully saturated rings. The van der Waals surface area contributed by atoms with Crippen molar-refractivity contribution >= 4 is 17.7 Å². The number of hydrogen-bond donors (Lipinski definition) is 3. The molecule has 1 saturated heterocycles. The fourth-order valence-corrected chi connectivity index (χ4v) is 2.45. The van der Waals surface area contributed by atoms with E-state index in [1.807, 2.05) is 7.05 Å². The van der Waals surface area contributed by atoms with Crippen molar-refractivity contribution in [3.8, 4) is 0 Å². The van der Waals surface area contributed by atoms with E-state index in [-0.39, 0.29) is 18.5 Å². The summed E-state index contributed by atoms with van der Waals surface area (Å²) in [5.41, 5.74) is 1.39. The Morgan fingerprint density at radius 2 is 1.90 bits per heavy atom. The van der Waals surface area contributed by atoms with Crippen LogP contribution in [0.2, 0.25) is 0 Å². The van der Waals surface area contributed by atoms with E-state index >= 15 is 0 Å². The van der Waals surface area contributed by atoms with Gasteiger partial charge in [0, 0.05) is 18.8 Å². The summed E-state index contributed by atoms with van der Waals surface area (Å²) in [6.07, 6.45) is 1.91. The highest BCUT2D eigenvalue weighted by molar-refractivity contribution is 5.89. The van der Waals surface area contributed by atoms with Gasteiger partial charge in [0.05, 0.1) is 6.42 Å². The Labute approximate surface area is 124 Å². The summed E-state index contributed by atoms with van der Waals surface area (Å²) in [6.45, 7) is 1.87. The van der Waals surface area contributed by atoms with Gasteiger partial charge >= 0.3 is 12.0 Å². The second-order valence-electron chi connectivity index (χ2n) is 5.29. The van der Waals surface area contributed by atoms with Crippen molar-refractivity contribution in [2.75, 3.05) is 25.5 Å². The topological polar surface area (TPSA) is 81.7 Å². The summed E-state index contributed by atoms with van der Waals surface area (Å²) in [4.78, 5) is 24.5. The van der Waals surface area contributed by atoms with Gasteiger partial charge in [-0.05, 0) is 43.6 Å². The molecular formula is C15H21N3O3. The Morgan fingerprint density at radius 1 is 1.29 bits per heavy atom.